The molecular formula is C15H22N4O15P2. The van der Waals surface area contributed by atoms with Gasteiger partial charge in [-0.3, -0.25) is 18.4 Å². The van der Waals surface area contributed by atoms with E-state index in [0.29, 0.717) is 0 Å². The first kappa shape index (κ1) is 27.4. The Morgan fingerprint density at radius 1 is 1.00 bits per heavy atom. The van der Waals surface area contributed by atoms with Crippen molar-refractivity contribution in [2.45, 2.75) is 49.1 Å². The summed E-state index contributed by atoms with van der Waals surface area (Å²) in [5, 5.41) is 49.0. The number of hydrogen-bond donors (Lipinski definition) is 8. The van der Waals surface area contributed by atoms with Crippen molar-refractivity contribution in [3.8, 4) is 0 Å². The predicted octanol–water partition coefficient (Wildman–Crippen LogP) is -3.57. The molecule has 0 bridgehead atoms. The zero-order chi connectivity index (χ0) is 26.4. The molecular weight excluding hydrogens is 538 g/mol. The monoisotopic (exact) mass is 560 g/mol. The number of phosphoric ester groups is 2. The number of H-pyrrole nitrogens is 1. The van der Waals surface area contributed by atoms with E-state index in [0.717, 1.165) is 17.2 Å². The van der Waals surface area contributed by atoms with Crippen LogP contribution in [0.15, 0.2) is 17.4 Å². The number of rotatable bonds is 9. The van der Waals surface area contributed by atoms with Crippen LogP contribution >= 0.6 is 15.6 Å². The quantitative estimate of drug-likeness (QED) is 0.138. The molecule has 21 heteroatoms. The molecule has 0 aromatic carbocycles. The van der Waals surface area contributed by atoms with Gasteiger partial charge in [0.1, 0.15) is 36.6 Å². The fourth-order valence-corrected chi connectivity index (χ4v) is 5.73. The molecule has 2 saturated heterocycles. The van der Waals surface area contributed by atoms with Crippen LogP contribution in [0.4, 0.5) is 0 Å². The standard InChI is InChI=1S/C15H22N4O15P2/c20-1-5-8(21)11(24)15(32-5)33-36(28,29)34-35(26,27)30-2-6-9(22)10(23)14(31-6)19-4-18-7-12(19)16-3-17-13(7)25/h3-6,8-11,14-15,20-24H,1-2H2,(H,26,27)(H,28,29)(H,16,17,25)/t5-,6-,8-,9-,10-,11-,14-,15+/m1/s1. The van der Waals surface area contributed by atoms with Crippen molar-refractivity contribution in [3.63, 3.8) is 0 Å². The number of aliphatic hydroxyl groups excluding tert-OH is 5. The van der Waals surface area contributed by atoms with E-state index in [-0.39, 0.29) is 11.2 Å². The van der Waals surface area contributed by atoms with Gasteiger partial charge in [0.15, 0.2) is 23.7 Å². The summed E-state index contributed by atoms with van der Waals surface area (Å²) in [6, 6.07) is 0. The van der Waals surface area contributed by atoms with Gasteiger partial charge in [0.05, 0.1) is 25.9 Å². The average molecular weight is 560 g/mol. The molecule has 0 radical (unpaired) electrons. The fourth-order valence-electron chi connectivity index (χ4n) is 3.57. The topological polar surface area (TPSA) is 285 Å². The summed E-state index contributed by atoms with van der Waals surface area (Å²) in [6.45, 7) is -1.70. The lowest BCUT2D eigenvalue weighted by Gasteiger charge is -2.21. The number of nitrogens with zero attached hydrogens (tertiary/aromatic N) is 3. The largest absolute Gasteiger partial charge is 0.483 e. The first-order valence-corrected chi connectivity index (χ1v) is 13.1. The highest BCUT2D eigenvalue weighted by Gasteiger charge is 2.49. The maximum absolute atomic E-state index is 12.2. The van der Waals surface area contributed by atoms with E-state index >= 15 is 0 Å². The summed E-state index contributed by atoms with van der Waals surface area (Å²) in [5.74, 6) is 0. The maximum Gasteiger partial charge on any atom is 0.483 e. The normalized spacial score (nSPS) is 36.2. The molecule has 4 rings (SSSR count). The molecule has 2 fully saturated rings. The minimum absolute atomic E-state index is 0.0102. The minimum atomic E-state index is -5.46. The predicted molar refractivity (Wildman–Crippen MR) is 110 cm³/mol. The Balaban J connectivity index is 1.38. The van der Waals surface area contributed by atoms with Gasteiger partial charge in [0.2, 0.25) is 0 Å². The van der Waals surface area contributed by atoms with Crippen molar-refractivity contribution in [1.29, 1.82) is 0 Å². The first-order valence-electron chi connectivity index (χ1n) is 10.1. The molecule has 2 aliphatic rings. The molecule has 2 aromatic heterocycles. The van der Waals surface area contributed by atoms with Crippen LogP contribution < -0.4 is 5.56 Å². The van der Waals surface area contributed by atoms with Gasteiger partial charge in [-0.25, -0.2) is 19.1 Å². The number of ether oxygens (including phenoxy) is 2. The molecule has 0 saturated carbocycles. The smallest absolute Gasteiger partial charge is 0.394 e. The zero-order valence-electron chi connectivity index (χ0n) is 17.8. The zero-order valence-corrected chi connectivity index (χ0v) is 19.6. The van der Waals surface area contributed by atoms with Crippen LogP contribution in [-0.2, 0) is 32.0 Å². The van der Waals surface area contributed by atoms with Gasteiger partial charge in [-0.1, -0.05) is 0 Å². The third-order valence-corrected chi connectivity index (χ3v) is 7.92. The second-order valence-electron chi connectivity index (χ2n) is 7.73. The minimum Gasteiger partial charge on any atom is -0.394 e. The van der Waals surface area contributed by atoms with Crippen LogP contribution in [0.5, 0.6) is 0 Å². The van der Waals surface area contributed by atoms with Crippen LogP contribution in [0.1, 0.15) is 6.23 Å². The van der Waals surface area contributed by atoms with Crippen LogP contribution in [0, 0.1) is 0 Å². The lowest BCUT2D eigenvalue weighted by Crippen LogP contribution is -2.34. The third kappa shape index (κ3) is 5.45. The van der Waals surface area contributed by atoms with Crippen molar-refractivity contribution in [3.05, 3.63) is 23.0 Å². The molecule has 10 atom stereocenters. The molecule has 4 heterocycles. The van der Waals surface area contributed by atoms with Gasteiger partial charge in [-0.05, 0) is 0 Å². The number of fused-ring (bicyclic) bond motifs is 1. The van der Waals surface area contributed by atoms with Crippen LogP contribution in [0.2, 0.25) is 0 Å². The van der Waals surface area contributed by atoms with Crippen molar-refractivity contribution in [1.82, 2.24) is 19.5 Å². The van der Waals surface area contributed by atoms with Gasteiger partial charge < -0.3 is 49.8 Å². The van der Waals surface area contributed by atoms with Crippen molar-refractivity contribution < 1.29 is 67.3 Å². The highest BCUT2D eigenvalue weighted by atomic mass is 31.3. The van der Waals surface area contributed by atoms with E-state index in [1.54, 1.807) is 0 Å². The summed E-state index contributed by atoms with van der Waals surface area (Å²) < 4.78 is 48.8. The third-order valence-electron chi connectivity index (χ3n) is 5.32. The Kier molecular flexibility index (Phi) is 7.78. The summed E-state index contributed by atoms with van der Waals surface area (Å²) in [5.41, 5.74) is -0.641. The van der Waals surface area contributed by atoms with Crippen LogP contribution in [-0.4, -0.2) is 111 Å². The molecule has 0 amide bonds. The lowest BCUT2D eigenvalue weighted by atomic mass is 10.1. The summed E-state index contributed by atoms with van der Waals surface area (Å²) in [7, 11) is -10.8. The Labute approximate surface area is 199 Å². The molecule has 2 aromatic rings. The van der Waals surface area contributed by atoms with Crippen molar-refractivity contribution in [2.75, 3.05) is 13.2 Å². The second-order valence-corrected chi connectivity index (χ2v) is 10.7. The number of hydrogen-bond acceptors (Lipinski definition) is 15. The first-order chi connectivity index (χ1) is 16.8. The van der Waals surface area contributed by atoms with E-state index in [2.05, 4.69) is 28.3 Å². The van der Waals surface area contributed by atoms with Crippen LogP contribution in [0.25, 0.3) is 11.2 Å². The molecule has 2 unspecified atom stereocenters. The summed E-state index contributed by atoms with van der Waals surface area (Å²) >= 11 is 0. The lowest BCUT2D eigenvalue weighted by molar-refractivity contribution is -0.125. The molecule has 202 valence electrons. The fraction of sp³-hybridized carbons (Fsp3) is 0.667. The Bertz CT molecular complexity index is 1240. The molecule has 0 spiro atoms. The summed E-state index contributed by atoms with van der Waals surface area (Å²) in [4.78, 5) is 41.5. The van der Waals surface area contributed by atoms with Gasteiger partial charge in [-0.2, -0.15) is 4.31 Å². The Morgan fingerprint density at radius 3 is 2.36 bits per heavy atom. The van der Waals surface area contributed by atoms with Crippen molar-refractivity contribution in [2.24, 2.45) is 0 Å². The molecule has 2 aliphatic heterocycles. The number of nitrogens with one attached hydrogen (secondary N) is 1. The average Bonchev–Trinajstić information content (AvgIpc) is 3.43. The van der Waals surface area contributed by atoms with Gasteiger partial charge >= 0.3 is 15.6 Å². The number of imidazole rings is 1. The highest BCUT2D eigenvalue weighted by molar-refractivity contribution is 7.61. The number of aromatic amines is 1. The molecule has 36 heavy (non-hydrogen) atoms. The van der Waals surface area contributed by atoms with Gasteiger partial charge in [0, 0.05) is 0 Å². The molecule has 8 N–H and O–H groups in total. The Morgan fingerprint density at radius 2 is 1.69 bits per heavy atom. The number of aliphatic hydroxyl groups is 5. The van der Waals surface area contributed by atoms with E-state index in [9.17, 15) is 44.1 Å². The molecule has 19 nitrogen and oxygen atoms in total. The Hall–Kier alpha value is -1.67. The van der Waals surface area contributed by atoms with Crippen LogP contribution in [0.3, 0.4) is 0 Å². The highest BCUT2D eigenvalue weighted by Crippen LogP contribution is 2.61. The SMILES string of the molecule is O=c1[nH]cnc2c1ncn2[C@@H]1O[C@H](COP(=O)(O)OP(=O)(O)O[C@@H]2O[C@H](CO)[C@@H](O)[C@H]2O)[C@@H](O)[C@H]1O. The van der Waals surface area contributed by atoms with E-state index in [1.165, 1.54) is 0 Å². The van der Waals surface area contributed by atoms with Crippen molar-refractivity contribution >= 4 is 26.8 Å². The maximum atomic E-state index is 12.2. The van der Waals surface area contributed by atoms with E-state index in [4.69, 9.17) is 14.6 Å². The van der Waals surface area contributed by atoms with Gasteiger partial charge in [-0.15, -0.1) is 0 Å². The molecule has 0 aliphatic carbocycles. The second kappa shape index (κ2) is 10.2. The van der Waals surface area contributed by atoms with Gasteiger partial charge in [0.25, 0.3) is 5.56 Å². The number of phosphoric acid groups is 2. The van der Waals surface area contributed by atoms with E-state index in [1.807, 2.05) is 0 Å². The summed E-state index contributed by atoms with van der Waals surface area (Å²) in [6.07, 6.45) is -10.9. The van der Waals surface area contributed by atoms with E-state index < -0.39 is 83.6 Å². The number of aromatic nitrogens is 4.